The molecule has 1 atom stereocenters. The Kier molecular flexibility index (Phi) is 6.28. The highest BCUT2D eigenvalue weighted by atomic mass is 32.2. The highest BCUT2D eigenvalue weighted by molar-refractivity contribution is 7.99. The number of benzene rings is 3. The van der Waals surface area contributed by atoms with Crippen LogP contribution in [0.1, 0.15) is 34.6 Å². The van der Waals surface area contributed by atoms with Gasteiger partial charge in [0, 0.05) is 27.6 Å². The van der Waals surface area contributed by atoms with E-state index in [1.54, 1.807) is 42.2 Å². The molecule has 32 heavy (non-hydrogen) atoms. The van der Waals surface area contributed by atoms with Gasteiger partial charge in [-0.2, -0.15) is 0 Å². The molecule has 1 aliphatic rings. The first-order chi connectivity index (χ1) is 15.5. The van der Waals surface area contributed by atoms with Crippen molar-refractivity contribution in [1.29, 1.82) is 0 Å². The van der Waals surface area contributed by atoms with E-state index in [0.29, 0.717) is 23.4 Å². The molecule has 3 aromatic rings. The maximum absolute atomic E-state index is 13.0. The fourth-order valence-corrected chi connectivity index (χ4v) is 4.62. The van der Waals surface area contributed by atoms with Gasteiger partial charge in [0.25, 0.3) is 11.8 Å². The van der Waals surface area contributed by atoms with Crippen molar-refractivity contribution in [3.63, 3.8) is 0 Å². The van der Waals surface area contributed by atoms with Crippen molar-refractivity contribution in [1.82, 2.24) is 5.32 Å². The van der Waals surface area contributed by atoms with E-state index >= 15 is 0 Å². The second-order valence-electron chi connectivity index (χ2n) is 7.38. The van der Waals surface area contributed by atoms with Crippen LogP contribution in [0.25, 0.3) is 0 Å². The number of hydrogen-bond donors (Lipinski definition) is 2. The maximum atomic E-state index is 13.0. The molecule has 162 valence electrons. The molecule has 4 rings (SSSR count). The molecule has 1 aliphatic heterocycles. The summed E-state index contributed by atoms with van der Waals surface area (Å²) in [6.07, 6.45) is 0. The van der Waals surface area contributed by atoms with Crippen LogP contribution in [0.4, 0.5) is 11.4 Å². The summed E-state index contributed by atoms with van der Waals surface area (Å²) in [4.78, 5) is 41.5. The van der Waals surface area contributed by atoms with Crippen molar-refractivity contribution in [2.45, 2.75) is 29.7 Å². The standard InChI is InChI=1S/C25H23N3O3S/c1-3-28-20-14-13-18(15-22(20)32-21-12-8-7-11-19(21)25(28)31)27-23(29)16(2)26-24(30)17-9-5-4-6-10-17/h4-16H,3H2,1-2H3,(H,26,30)(H,27,29)/t16-/m0/s1. The number of carbonyl (C=O) groups excluding carboxylic acids is 3. The van der Waals surface area contributed by atoms with Crippen molar-refractivity contribution >= 4 is 40.9 Å². The molecule has 0 unspecified atom stereocenters. The van der Waals surface area contributed by atoms with Gasteiger partial charge in [-0.05, 0) is 56.3 Å². The average Bonchev–Trinajstić information content (AvgIpc) is 2.92. The first-order valence-electron chi connectivity index (χ1n) is 10.4. The van der Waals surface area contributed by atoms with E-state index in [2.05, 4.69) is 10.6 Å². The lowest BCUT2D eigenvalue weighted by atomic mass is 10.1. The number of amides is 3. The molecule has 0 radical (unpaired) electrons. The van der Waals surface area contributed by atoms with Gasteiger partial charge >= 0.3 is 0 Å². The summed E-state index contributed by atoms with van der Waals surface area (Å²) in [6, 6.07) is 21.1. The molecule has 0 saturated carbocycles. The van der Waals surface area contributed by atoms with Crippen LogP contribution in [-0.4, -0.2) is 30.3 Å². The fraction of sp³-hybridized carbons (Fsp3) is 0.160. The summed E-state index contributed by atoms with van der Waals surface area (Å²) in [5.74, 6) is -0.667. The molecule has 3 amide bonds. The topological polar surface area (TPSA) is 78.5 Å². The van der Waals surface area contributed by atoms with Crippen LogP contribution in [0.2, 0.25) is 0 Å². The second kappa shape index (κ2) is 9.28. The Labute approximate surface area is 191 Å². The van der Waals surface area contributed by atoms with Crippen LogP contribution in [-0.2, 0) is 4.79 Å². The molecular formula is C25H23N3O3S. The third-order valence-corrected chi connectivity index (χ3v) is 6.32. The summed E-state index contributed by atoms with van der Waals surface area (Å²) < 4.78 is 0. The predicted molar refractivity (Wildman–Crippen MR) is 126 cm³/mol. The van der Waals surface area contributed by atoms with Crippen molar-refractivity contribution in [3.05, 3.63) is 83.9 Å². The Balaban J connectivity index is 1.53. The van der Waals surface area contributed by atoms with Crippen LogP contribution in [0.5, 0.6) is 0 Å². The number of nitrogens with one attached hydrogen (secondary N) is 2. The van der Waals surface area contributed by atoms with Gasteiger partial charge in [-0.1, -0.05) is 42.1 Å². The minimum absolute atomic E-state index is 0.0385. The molecule has 6 nitrogen and oxygen atoms in total. The number of carbonyl (C=O) groups is 3. The van der Waals surface area contributed by atoms with E-state index in [1.807, 2.05) is 49.4 Å². The zero-order valence-electron chi connectivity index (χ0n) is 17.8. The van der Waals surface area contributed by atoms with E-state index in [9.17, 15) is 14.4 Å². The molecule has 0 saturated heterocycles. The lowest BCUT2D eigenvalue weighted by Gasteiger charge is -2.22. The lowest BCUT2D eigenvalue weighted by molar-refractivity contribution is -0.117. The summed E-state index contributed by atoms with van der Waals surface area (Å²) >= 11 is 1.50. The smallest absolute Gasteiger partial charge is 0.259 e. The van der Waals surface area contributed by atoms with Crippen LogP contribution < -0.4 is 15.5 Å². The van der Waals surface area contributed by atoms with Gasteiger partial charge in [0.05, 0.1) is 11.3 Å². The summed E-state index contributed by atoms with van der Waals surface area (Å²) in [6.45, 7) is 4.12. The minimum Gasteiger partial charge on any atom is -0.341 e. The Morgan fingerprint density at radius 1 is 0.969 bits per heavy atom. The van der Waals surface area contributed by atoms with Gasteiger partial charge in [-0.25, -0.2) is 0 Å². The van der Waals surface area contributed by atoms with Gasteiger partial charge in [0.1, 0.15) is 6.04 Å². The predicted octanol–water partition coefficient (Wildman–Crippen LogP) is 4.57. The molecule has 2 N–H and O–H groups in total. The van der Waals surface area contributed by atoms with Crippen LogP contribution in [0.3, 0.4) is 0 Å². The maximum Gasteiger partial charge on any atom is 0.259 e. The Morgan fingerprint density at radius 3 is 2.44 bits per heavy atom. The van der Waals surface area contributed by atoms with Crippen LogP contribution in [0.15, 0.2) is 82.6 Å². The SMILES string of the molecule is CCN1C(=O)c2ccccc2Sc2cc(NC(=O)[C@H](C)NC(=O)c3ccccc3)ccc21. The van der Waals surface area contributed by atoms with Gasteiger partial charge in [-0.15, -0.1) is 0 Å². The second-order valence-corrected chi connectivity index (χ2v) is 8.46. The van der Waals surface area contributed by atoms with Gasteiger partial charge in [-0.3, -0.25) is 14.4 Å². The summed E-state index contributed by atoms with van der Waals surface area (Å²) in [5, 5.41) is 5.58. The van der Waals surface area contributed by atoms with Gasteiger partial charge < -0.3 is 15.5 Å². The lowest BCUT2D eigenvalue weighted by Crippen LogP contribution is -2.41. The quantitative estimate of drug-likeness (QED) is 0.603. The molecule has 3 aromatic carbocycles. The van der Waals surface area contributed by atoms with Crippen molar-refractivity contribution < 1.29 is 14.4 Å². The Morgan fingerprint density at radius 2 is 1.69 bits per heavy atom. The molecule has 1 heterocycles. The normalized spacial score (nSPS) is 13.4. The molecule has 7 heteroatoms. The Bertz CT molecular complexity index is 1180. The molecule has 0 spiro atoms. The molecular weight excluding hydrogens is 422 g/mol. The fourth-order valence-electron chi connectivity index (χ4n) is 3.50. The van der Waals surface area contributed by atoms with Gasteiger partial charge in [0.15, 0.2) is 0 Å². The van der Waals surface area contributed by atoms with Crippen LogP contribution >= 0.6 is 11.8 Å². The van der Waals surface area contributed by atoms with E-state index in [1.165, 1.54) is 11.8 Å². The number of rotatable bonds is 5. The summed E-state index contributed by atoms with van der Waals surface area (Å²) in [5.41, 5.74) is 2.57. The van der Waals surface area contributed by atoms with Gasteiger partial charge in [0.2, 0.25) is 5.91 Å². The third kappa shape index (κ3) is 4.38. The van der Waals surface area contributed by atoms with Crippen molar-refractivity contribution in [3.8, 4) is 0 Å². The molecule has 0 fully saturated rings. The number of hydrogen-bond acceptors (Lipinski definition) is 4. The number of nitrogens with zero attached hydrogens (tertiary/aromatic N) is 1. The summed E-state index contributed by atoms with van der Waals surface area (Å²) in [7, 11) is 0. The third-order valence-electron chi connectivity index (χ3n) is 5.19. The molecule has 0 aliphatic carbocycles. The Hall–Kier alpha value is -3.58. The molecule has 0 bridgehead atoms. The van der Waals surface area contributed by atoms with Crippen molar-refractivity contribution in [2.24, 2.45) is 0 Å². The first-order valence-corrected chi connectivity index (χ1v) is 11.2. The van der Waals surface area contributed by atoms with E-state index in [-0.39, 0.29) is 17.7 Å². The van der Waals surface area contributed by atoms with E-state index < -0.39 is 6.04 Å². The average molecular weight is 446 g/mol. The van der Waals surface area contributed by atoms with E-state index in [4.69, 9.17) is 0 Å². The minimum atomic E-state index is -0.719. The monoisotopic (exact) mass is 445 g/mol. The van der Waals surface area contributed by atoms with Crippen molar-refractivity contribution in [2.75, 3.05) is 16.8 Å². The van der Waals surface area contributed by atoms with Crippen LogP contribution in [0, 0.1) is 0 Å². The van der Waals surface area contributed by atoms with E-state index in [0.717, 1.165) is 15.5 Å². The number of anilines is 2. The highest BCUT2D eigenvalue weighted by Gasteiger charge is 2.26. The first kappa shape index (κ1) is 21.6. The largest absolute Gasteiger partial charge is 0.341 e. The highest BCUT2D eigenvalue weighted by Crippen LogP contribution is 2.42. The molecule has 0 aromatic heterocycles. The zero-order chi connectivity index (χ0) is 22.7. The zero-order valence-corrected chi connectivity index (χ0v) is 18.6. The number of fused-ring (bicyclic) bond motifs is 2.